The SMILES string of the molecule is O=C(O)c1ccc[c-]c1S(=O)(=O)O.[Na+]. The molecule has 0 fully saturated rings. The van der Waals surface area contributed by atoms with Crippen molar-refractivity contribution in [2.45, 2.75) is 4.90 Å². The fourth-order valence-electron chi connectivity index (χ4n) is 0.803. The molecular weight excluding hydrogens is 219 g/mol. The van der Waals surface area contributed by atoms with E-state index in [0.29, 0.717) is 0 Å². The van der Waals surface area contributed by atoms with Gasteiger partial charge in [-0.3, -0.25) is 9.35 Å². The Bertz CT molecular complexity index is 439. The first kappa shape index (κ1) is 13.6. The van der Waals surface area contributed by atoms with Crippen molar-refractivity contribution in [3.63, 3.8) is 0 Å². The summed E-state index contributed by atoms with van der Waals surface area (Å²) < 4.78 is 29.8. The molecule has 2 N–H and O–H groups in total. The number of carbonyl (C=O) groups is 1. The van der Waals surface area contributed by atoms with E-state index in [1.165, 1.54) is 12.1 Å². The normalized spacial score (nSPS) is 10.4. The Kier molecular flexibility index (Phi) is 4.76. The maximum atomic E-state index is 10.6. The van der Waals surface area contributed by atoms with Gasteiger partial charge < -0.3 is 5.11 Å². The second-order valence-electron chi connectivity index (χ2n) is 2.19. The van der Waals surface area contributed by atoms with Gasteiger partial charge in [0.2, 0.25) is 0 Å². The van der Waals surface area contributed by atoms with Crippen LogP contribution in [0.15, 0.2) is 23.1 Å². The van der Waals surface area contributed by atoms with E-state index >= 15 is 0 Å². The van der Waals surface area contributed by atoms with E-state index in [4.69, 9.17) is 9.66 Å². The van der Waals surface area contributed by atoms with Crippen LogP contribution in [0.2, 0.25) is 0 Å². The molecule has 0 spiro atoms. The van der Waals surface area contributed by atoms with Crippen molar-refractivity contribution in [2.75, 3.05) is 0 Å². The van der Waals surface area contributed by atoms with Crippen molar-refractivity contribution in [3.05, 3.63) is 29.8 Å². The zero-order valence-electron chi connectivity index (χ0n) is 7.26. The molecule has 0 atom stereocenters. The molecule has 14 heavy (non-hydrogen) atoms. The predicted octanol–water partition coefficient (Wildman–Crippen LogP) is -2.56. The van der Waals surface area contributed by atoms with Crippen LogP contribution >= 0.6 is 0 Å². The molecule has 0 aliphatic carbocycles. The average molecular weight is 224 g/mol. The zero-order chi connectivity index (χ0) is 10.1. The standard InChI is InChI=1S/C7H5O5S.Na/c8-7(9)5-3-1-2-4-6(5)13(10,11)12;/h1-3H,(H,8,9)(H,10,11,12);/q-1;+1. The van der Waals surface area contributed by atoms with Crippen LogP contribution in [0.4, 0.5) is 0 Å². The van der Waals surface area contributed by atoms with Gasteiger partial charge in [0.25, 0.3) is 16.1 Å². The van der Waals surface area contributed by atoms with Crippen LogP contribution in [-0.2, 0) is 10.1 Å². The fraction of sp³-hybridized carbons (Fsp3) is 0. The predicted molar refractivity (Wildman–Crippen MR) is 42.1 cm³/mol. The van der Waals surface area contributed by atoms with Crippen LogP contribution in [-0.4, -0.2) is 24.0 Å². The number of aromatic carboxylic acids is 1. The molecule has 0 aromatic heterocycles. The number of benzene rings is 1. The Labute approximate surface area is 103 Å². The maximum absolute atomic E-state index is 10.6. The summed E-state index contributed by atoms with van der Waals surface area (Å²) in [4.78, 5) is 9.75. The molecular formula is C7H5NaO5S. The van der Waals surface area contributed by atoms with Gasteiger partial charge in [0.1, 0.15) is 0 Å². The topological polar surface area (TPSA) is 91.7 Å². The molecule has 7 heteroatoms. The first-order chi connectivity index (χ1) is 5.93. The van der Waals surface area contributed by atoms with Gasteiger partial charge in [-0.2, -0.15) is 32.7 Å². The minimum absolute atomic E-state index is 0. The number of hydrogen-bond acceptors (Lipinski definition) is 3. The maximum Gasteiger partial charge on any atom is 1.00 e. The fourth-order valence-corrected chi connectivity index (χ4v) is 1.45. The number of hydrogen-bond donors (Lipinski definition) is 2. The molecule has 0 unspecified atom stereocenters. The summed E-state index contributed by atoms with van der Waals surface area (Å²) in [7, 11) is -4.51. The van der Waals surface area contributed by atoms with Crippen molar-refractivity contribution in [1.82, 2.24) is 0 Å². The van der Waals surface area contributed by atoms with E-state index in [9.17, 15) is 13.2 Å². The van der Waals surface area contributed by atoms with Crippen molar-refractivity contribution >= 4 is 16.1 Å². The van der Waals surface area contributed by atoms with Crippen LogP contribution in [0.25, 0.3) is 0 Å². The van der Waals surface area contributed by atoms with Crippen molar-refractivity contribution in [3.8, 4) is 0 Å². The number of rotatable bonds is 2. The third-order valence-electron chi connectivity index (χ3n) is 1.31. The minimum Gasteiger partial charge on any atom is -0.487 e. The van der Waals surface area contributed by atoms with Gasteiger partial charge in [0, 0.05) is 0 Å². The summed E-state index contributed by atoms with van der Waals surface area (Å²) in [5.41, 5.74) is -0.495. The summed E-state index contributed by atoms with van der Waals surface area (Å²) in [6.07, 6.45) is 0. The monoisotopic (exact) mass is 224 g/mol. The van der Waals surface area contributed by atoms with E-state index < -0.39 is 26.5 Å². The van der Waals surface area contributed by atoms with Crippen molar-refractivity contribution in [2.24, 2.45) is 0 Å². The molecule has 0 bridgehead atoms. The molecule has 1 aromatic carbocycles. The summed E-state index contributed by atoms with van der Waals surface area (Å²) in [5.74, 6) is -1.43. The van der Waals surface area contributed by atoms with Crippen LogP contribution in [0.5, 0.6) is 0 Å². The second-order valence-corrected chi connectivity index (χ2v) is 3.55. The third-order valence-corrected chi connectivity index (χ3v) is 2.16. The molecule has 0 aliphatic rings. The Balaban J connectivity index is 0.00000169. The van der Waals surface area contributed by atoms with Crippen LogP contribution in [0.1, 0.15) is 10.4 Å². The quantitative estimate of drug-likeness (QED) is 0.327. The van der Waals surface area contributed by atoms with Gasteiger partial charge in [-0.1, -0.05) is 0 Å². The van der Waals surface area contributed by atoms with Crippen LogP contribution < -0.4 is 29.6 Å². The number of carboxylic acid groups (broad SMARTS) is 1. The van der Waals surface area contributed by atoms with E-state index in [-0.39, 0.29) is 29.6 Å². The Hall–Kier alpha value is -0.400. The average Bonchev–Trinajstić information content (AvgIpc) is 2.03. The third kappa shape index (κ3) is 3.07. The molecule has 0 saturated heterocycles. The molecule has 5 nitrogen and oxygen atoms in total. The first-order valence-corrected chi connectivity index (χ1v) is 4.58. The number of carboxylic acids is 1. The summed E-state index contributed by atoms with van der Waals surface area (Å²) in [6.45, 7) is 0. The van der Waals surface area contributed by atoms with Gasteiger partial charge in [-0.05, 0) is 10.5 Å². The van der Waals surface area contributed by atoms with Gasteiger partial charge >= 0.3 is 29.6 Å². The van der Waals surface area contributed by atoms with Crippen LogP contribution in [0, 0.1) is 6.07 Å². The minimum atomic E-state index is -4.51. The molecule has 0 aliphatic heterocycles. The summed E-state index contributed by atoms with van der Waals surface area (Å²) >= 11 is 0. The van der Waals surface area contributed by atoms with E-state index in [0.717, 1.165) is 6.07 Å². The molecule has 0 amide bonds. The van der Waals surface area contributed by atoms with Gasteiger partial charge in [0.15, 0.2) is 0 Å². The largest absolute Gasteiger partial charge is 1.00 e. The van der Waals surface area contributed by atoms with E-state index in [1.807, 2.05) is 0 Å². The smallest absolute Gasteiger partial charge is 0.487 e. The van der Waals surface area contributed by atoms with Gasteiger partial charge in [0.05, 0.1) is 0 Å². The molecule has 0 radical (unpaired) electrons. The molecule has 1 rings (SSSR count). The van der Waals surface area contributed by atoms with Gasteiger partial charge in [-0.15, -0.1) is 0 Å². The van der Waals surface area contributed by atoms with Crippen molar-refractivity contribution in [1.29, 1.82) is 0 Å². The molecule has 0 saturated carbocycles. The van der Waals surface area contributed by atoms with Crippen LogP contribution in [0.3, 0.4) is 0 Å². The molecule has 0 heterocycles. The Morgan fingerprint density at radius 2 is 2.00 bits per heavy atom. The summed E-state index contributed by atoms with van der Waals surface area (Å²) in [6, 6.07) is 5.73. The Morgan fingerprint density at radius 3 is 2.36 bits per heavy atom. The summed E-state index contributed by atoms with van der Waals surface area (Å²) in [5, 5.41) is 8.53. The van der Waals surface area contributed by atoms with Gasteiger partial charge in [-0.25, -0.2) is 0 Å². The molecule has 1 aromatic rings. The first-order valence-electron chi connectivity index (χ1n) is 3.14. The second kappa shape index (κ2) is 4.90. The zero-order valence-corrected chi connectivity index (χ0v) is 10.1. The van der Waals surface area contributed by atoms with Crippen molar-refractivity contribution < 1.29 is 52.4 Å². The molecule has 70 valence electrons. The van der Waals surface area contributed by atoms with E-state index in [1.54, 1.807) is 0 Å². The van der Waals surface area contributed by atoms with E-state index in [2.05, 4.69) is 6.07 Å². The Morgan fingerprint density at radius 1 is 1.43 bits per heavy atom.